The van der Waals surface area contributed by atoms with Crippen LogP contribution in [-0.2, 0) is 0 Å². The van der Waals surface area contributed by atoms with Crippen LogP contribution in [0.5, 0.6) is 0 Å². The van der Waals surface area contributed by atoms with Gasteiger partial charge in [0.15, 0.2) is 0 Å². The zero-order chi connectivity index (χ0) is 17.3. The minimum Gasteiger partial charge on any atom is -0.395 e. The van der Waals surface area contributed by atoms with Crippen LogP contribution in [0.3, 0.4) is 0 Å². The van der Waals surface area contributed by atoms with Crippen LogP contribution in [0.4, 0.5) is 0 Å². The zero-order valence-electron chi connectivity index (χ0n) is 16.0. The molecule has 0 saturated carbocycles. The molecule has 3 nitrogen and oxygen atoms in total. The Morgan fingerprint density at radius 2 is 1.58 bits per heavy atom. The van der Waals surface area contributed by atoms with Gasteiger partial charge in [-0.15, -0.1) is 0 Å². The van der Waals surface area contributed by atoms with Gasteiger partial charge in [0.25, 0.3) is 0 Å². The van der Waals surface area contributed by atoms with E-state index in [1.165, 1.54) is 70.6 Å². The lowest BCUT2D eigenvalue weighted by Crippen LogP contribution is -2.32. The molecule has 3 heteroatoms. The Morgan fingerprint density at radius 1 is 0.958 bits per heavy atom. The van der Waals surface area contributed by atoms with Crippen molar-refractivity contribution in [3.63, 3.8) is 0 Å². The van der Waals surface area contributed by atoms with Crippen LogP contribution in [0.2, 0.25) is 0 Å². The van der Waals surface area contributed by atoms with E-state index in [1.54, 1.807) is 0 Å². The van der Waals surface area contributed by atoms with E-state index in [9.17, 15) is 0 Å². The van der Waals surface area contributed by atoms with E-state index in [1.807, 2.05) is 6.21 Å². The summed E-state index contributed by atoms with van der Waals surface area (Å²) >= 11 is 0. The second kappa shape index (κ2) is 15.8. The van der Waals surface area contributed by atoms with E-state index < -0.39 is 0 Å². The van der Waals surface area contributed by atoms with Gasteiger partial charge in [0.05, 0.1) is 6.61 Å². The Balaban J connectivity index is 1.84. The van der Waals surface area contributed by atoms with Gasteiger partial charge in [-0.2, -0.15) is 0 Å². The molecule has 24 heavy (non-hydrogen) atoms. The molecular formula is C21H40N2O. The van der Waals surface area contributed by atoms with Crippen molar-refractivity contribution in [2.45, 2.75) is 96.6 Å². The van der Waals surface area contributed by atoms with Gasteiger partial charge < -0.3 is 5.11 Å². The quantitative estimate of drug-likeness (QED) is 0.305. The van der Waals surface area contributed by atoms with E-state index in [2.05, 4.69) is 29.0 Å². The molecule has 1 atom stereocenters. The average Bonchev–Trinajstić information content (AvgIpc) is 3.03. The lowest BCUT2D eigenvalue weighted by Gasteiger charge is -2.21. The number of rotatable bonds is 16. The van der Waals surface area contributed by atoms with Crippen LogP contribution >= 0.6 is 0 Å². The molecule has 0 radical (unpaired) electrons. The molecule has 1 unspecified atom stereocenters. The first kappa shape index (κ1) is 21.4. The summed E-state index contributed by atoms with van der Waals surface area (Å²) in [5.41, 5.74) is 0. The minimum absolute atomic E-state index is 0.231. The molecule has 1 aliphatic heterocycles. The normalized spacial score (nSPS) is 18.2. The van der Waals surface area contributed by atoms with E-state index in [-0.39, 0.29) is 6.61 Å². The first-order valence-electron chi connectivity index (χ1n) is 10.4. The number of unbranched alkanes of at least 4 members (excludes halogenated alkanes) is 10. The fourth-order valence-corrected chi connectivity index (χ4v) is 3.35. The number of allylic oxidation sites excluding steroid dienone is 2. The fraction of sp³-hybridized carbons (Fsp3) is 0.857. The molecule has 1 aliphatic rings. The molecular weight excluding hydrogens is 296 g/mol. The lowest BCUT2D eigenvalue weighted by atomic mass is 10.1. The van der Waals surface area contributed by atoms with Crippen LogP contribution in [0, 0.1) is 0 Å². The highest BCUT2D eigenvalue weighted by Gasteiger charge is 2.18. The molecule has 0 spiro atoms. The smallest absolute Gasteiger partial charge is 0.102 e. The number of hydrogen-bond donors (Lipinski definition) is 1. The maximum Gasteiger partial charge on any atom is 0.102 e. The maximum absolute atomic E-state index is 9.03. The van der Waals surface area contributed by atoms with Crippen molar-refractivity contribution in [3.05, 3.63) is 12.2 Å². The topological polar surface area (TPSA) is 35.8 Å². The summed E-state index contributed by atoms with van der Waals surface area (Å²) in [5.74, 6) is 0. The Morgan fingerprint density at radius 3 is 2.25 bits per heavy atom. The highest BCUT2D eigenvalue weighted by Crippen LogP contribution is 2.14. The van der Waals surface area contributed by atoms with Crippen molar-refractivity contribution in [1.82, 2.24) is 4.90 Å². The molecule has 140 valence electrons. The van der Waals surface area contributed by atoms with E-state index in [4.69, 9.17) is 5.11 Å². The third-order valence-corrected chi connectivity index (χ3v) is 4.88. The van der Waals surface area contributed by atoms with Crippen LogP contribution in [-0.4, -0.2) is 42.1 Å². The molecule has 0 aromatic heterocycles. The number of β-amino-alcohol motifs (C(OH)–C–C–N with tert-alkyl or cyclic N) is 1. The van der Waals surface area contributed by atoms with Crippen LogP contribution in [0.15, 0.2) is 17.1 Å². The third kappa shape index (κ3) is 11.0. The van der Waals surface area contributed by atoms with Gasteiger partial charge in [-0.05, 0) is 25.7 Å². The van der Waals surface area contributed by atoms with Gasteiger partial charge in [-0.3, -0.25) is 9.89 Å². The highest BCUT2D eigenvalue weighted by atomic mass is 16.3. The summed E-state index contributed by atoms with van der Waals surface area (Å²) in [4.78, 5) is 6.74. The van der Waals surface area contributed by atoms with Crippen LogP contribution in [0.1, 0.15) is 90.4 Å². The van der Waals surface area contributed by atoms with Crippen molar-refractivity contribution in [2.24, 2.45) is 4.99 Å². The second-order valence-corrected chi connectivity index (χ2v) is 7.05. The summed E-state index contributed by atoms with van der Waals surface area (Å²) in [6.07, 6.45) is 24.4. The molecule has 1 N–H and O–H groups in total. The van der Waals surface area contributed by atoms with Crippen molar-refractivity contribution in [2.75, 3.05) is 19.7 Å². The van der Waals surface area contributed by atoms with Crippen molar-refractivity contribution >= 4 is 6.21 Å². The summed E-state index contributed by atoms with van der Waals surface area (Å²) in [6, 6.07) is 0. The second-order valence-electron chi connectivity index (χ2n) is 7.05. The van der Waals surface area contributed by atoms with Crippen molar-refractivity contribution < 1.29 is 5.11 Å². The number of aliphatic hydroxyl groups excluding tert-OH is 1. The first-order valence-corrected chi connectivity index (χ1v) is 10.4. The Labute approximate surface area is 150 Å². The number of aliphatic hydroxyl groups is 1. The predicted octanol–water partition coefficient (Wildman–Crippen LogP) is 5.34. The molecule has 0 aromatic rings. The SMILES string of the molecule is CCCCCCCCCCCC/C=C/CCC1N=CCN1CCO. The first-order chi connectivity index (χ1) is 11.9. The monoisotopic (exact) mass is 336 g/mol. The summed E-state index contributed by atoms with van der Waals surface area (Å²) in [5, 5.41) is 9.03. The predicted molar refractivity (Wildman–Crippen MR) is 106 cm³/mol. The highest BCUT2D eigenvalue weighted by molar-refractivity contribution is 5.62. The molecule has 0 amide bonds. The van der Waals surface area contributed by atoms with E-state index in [0.717, 1.165) is 25.9 Å². The molecule has 0 saturated heterocycles. The Kier molecular flexibility index (Phi) is 14.1. The summed E-state index contributed by atoms with van der Waals surface area (Å²) in [7, 11) is 0. The molecule has 0 aliphatic carbocycles. The summed E-state index contributed by atoms with van der Waals surface area (Å²) < 4.78 is 0. The summed E-state index contributed by atoms with van der Waals surface area (Å²) in [6.45, 7) is 4.15. The zero-order valence-corrected chi connectivity index (χ0v) is 16.0. The van der Waals surface area contributed by atoms with Gasteiger partial charge in [0.1, 0.15) is 6.17 Å². The fourth-order valence-electron chi connectivity index (χ4n) is 3.35. The standard InChI is InChI=1S/C21H40N2O/c1-2-3-4-5-6-7-8-9-10-11-12-13-14-15-16-21-22-17-18-23(21)19-20-24/h13-14,17,21,24H,2-12,15-16,18-20H2,1H3/b14-13+. The number of nitrogens with zero attached hydrogens (tertiary/aromatic N) is 2. The average molecular weight is 337 g/mol. The Bertz CT molecular complexity index is 328. The number of hydrogen-bond acceptors (Lipinski definition) is 3. The maximum atomic E-state index is 9.03. The molecule has 0 bridgehead atoms. The molecule has 0 aromatic carbocycles. The van der Waals surface area contributed by atoms with Crippen LogP contribution in [0.25, 0.3) is 0 Å². The van der Waals surface area contributed by atoms with E-state index in [0.29, 0.717) is 6.17 Å². The van der Waals surface area contributed by atoms with Crippen molar-refractivity contribution in [3.8, 4) is 0 Å². The minimum atomic E-state index is 0.231. The van der Waals surface area contributed by atoms with Crippen LogP contribution < -0.4 is 0 Å². The lowest BCUT2D eigenvalue weighted by molar-refractivity contribution is 0.179. The van der Waals surface area contributed by atoms with Gasteiger partial charge in [0.2, 0.25) is 0 Å². The largest absolute Gasteiger partial charge is 0.395 e. The van der Waals surface area contributed by atoms with Crippen molar-refractivity contribution in [1.29, 1.82) is 0 Å². The van der Waals surface area contributed by atoms with E-state index >= 15 is 0 Å². The third-order valence-electron chi connectivity index (χ3n) is 4.88. The van der Waals surface area contributed by atoms with Gasteiger partial charge in [-0.1, -0.05) is 76.9 Å². The molecule has 0 fully saturated rings. The number of aliphatic imine (C=N–C) groups is 1. The molecule has 1 rings (SSSR count). The Hall–Kier alpha value is -0.670. The van der Waals surface area contributed by atoms with Gasteiger partial charge in [0, 0.05) is 19.3 Å². The molecule has 1 heterocycles. The van der Waals surface area contributed by atoms with Gasteiger partial charge in [-0.25, -0.2) is 0 Å². The van der Waals surface area contributed by atoms with Gasteiger partial charge >= 0.3 is 0 Å².